The summed E-state index contributed by atoms with van der Waals surface area (Å²) in [6.07, 6.45) is 3.25. The van der Waals surface area contributed by atoms with E-state index in [1.54, 1.807) is 13.2 Å². The number of hydrogen-bond acceptors (Lipinski definition) is 4. The summed E-state index contributed by atoms with van der Waals surface area (Å²) in [5.74, 6) is 0. The quantitative estimate of drug-likeness (QED) is 0.442. The Morgan fingerprint density at radius 2 is 2.04 bits per heavy atom. The molecular weight excluding hydrogens is 328 g/mol. The van der Waals surface area contributed by atoms with Crippen LogP contribution in [0.2, 0.25) is 0 Å². The van der Waals surface area contributed by atoms with Gasteiger partial charge >= 0.3 is 0 Å². The van der Waals surface area contributed by atoms with Gasteiger partial charge in [0.1, 0.15) is 0 Å². The van der Waals surface area contributed by atoms with Crippen LogP contribution in [-0.4, -0.2) is 60.7 Å². The predicted octanol–water partition coefficient (Wildman–Crippen LogP) is 2.55. The topological polar surface area (TPSA) is 46.9 Å². The van der Waals surface area contributed by atoms with Gasteiger partial charge in [0.05, 0.1) is 25.9 Å². The molecule has 0 aliphatic carbocycles. The van der Waals surface area contributed by atoms with Gasteiger partial charge in [-0.3, -0.25) is 4.90 Å². The fourth-order valence-corrected chi connectivity index (χ4v) is 2.85. The van der Waals surface area contributed by atoms with Crippen molar-refractivity contribution in [3.8, 4) is 0 Å². The van der Waals surface area contributed by atoms with Crippen LogP contribution in [0.5, 0.6) is 0 Å². The van der Waals surface area contributed by atoms with E-state index in [0.717, 1.165) is 19.6 Å². The Bertz CT molecular complexity index is 627. The van der Waals surface area contributed by atoms with Crippen LogP contribution in [0.4, 0.5) is 0 Å². The maximum absolute atomic E-state index is 10.2. The van der Waals surface area contributed by atoms with Gasteiger partial charge in [-0.15, -0.1) is 6.58 Å². The second-order valence-electron chi connectivity index (χ2n) is 6.32. The van der Waals surface area contributed by atoms with Crippen LogP contribution in [-0.2, 0) is 22.6 Å². The lowest BCUT2D eigenvalue weighted by atomic mass is 10.2. The maximum atomic E-state index is 10.2. The molecule has 0 bridgehead atoms. The zero-order valence-corrected chi connectivity index (χ0v) is 15.6. The number of hydrogen-bond donors (Lipinski definition) is 1. The lowest BCUT2D eigenvalue weighted by Gasteiger charge is -2.25. The Morgan fingerprint density at radius 1 is 1.23 bits per heavy atom. The minimum Gasteiger partial charge on any atom is -0.389 e. The molecule has 0 saturated heterocycles. The largest absolute Gasteiger partial charge is 0.389 e. The summed E-state index contributed by atoms with van der Waals surface area (Å²) < 4.78 is 12.8. The highest BCUT2D eigenvalue weighted by Crippen LogP contribution is 2.11. The first-order chi connectivity index (χ1) is 12.7. The molecular formula is C21H30N2O3. The molecule has 1 atom stereocenters. The van der Waals surface area contributed by atoms with Crippen molar-refractivity contribution in [1.29, 1.82) is 0 Å². The Labute approximate surface area is 156 Å². The molecule has 0 amide bonds. The molecule has 26 heavy (non-hydrogen) atoms. The van der Waals surface area contributed by atoms with Crippen LogP contribution in [0, 0.1) is 0 Å². The smallest absolute Gasteiger partial charge is 0.0900 e. The van der Waals surface area contributed by atoms with Crippen LogP contribution in [0.1, 0.15) is 11.3 Å². The van der Waals surface area contributed by atoms with Crippen LogP contribution in [0.15, 0.2) is 61.3 Å². The molecule has 0 saturated carbocycles. The summed E-state index contributed by atoms with van der Waals surface area (Å²) in [6, 6.07) is 14.6. The van der Waals surface area contributed by atoms with Crippen molar-refractivity contribution in [2.75, 3.05) is 40.0 Å². The third-order valence-corrected chi connectivity index (χ3v) is 4.13. The Balaban J connectivity index is 1.96. The monoisotopic (exact) mass is 358 g/mol. The fourth-order valence-electron chi connectivity index (χ4n) is 2.85. The molecule has 0 aliphatic heterocycles. The van der Waals surface area contributed by atoms with Crippen molar-refractivity contribution in [3.05, 3.63) is 72.6 Å². The highest BCUT2D eigenvalue weighted by atomic mass is 16.5. The van der Waals surface area contributed by atoms with Crippen LogP contribution >= 0.6 is 0 Å². The van der Waals surface area contributed by atoms with Gasteiger partial charge in [-0.1, -0.05) is 36.4 Å². The van der Waals surface area contributed by atoms with Gasteiger partial charge in [0.25, 0.3) is 0 Å². The van der Waals surface area contributed by atoms with Crippen molar-refractivity contribution in [2.24, 2.45) is 0 Å². The second-order valence-corrected chi connectivity index (χ2v) is 6.32. The highest BCUT2D eigenvalue weighted by Gasteiger charge is 2.14. The first kappa shape index (κ1) is 20.4. The minimum absolute atomic E-state index is 0.306. The first-order valence-corrected chi connectivity index (χ1v) is 8.99. The molecule has 5 heteroatoms. The van der Waals surface area contributed by atoms with E-state index in [0.29, 0.717) is 26.4 Å². The van der Waals surface area contributed by atoms with E-state index < -0.39 is 6.10 Å². The molecule has 0 unspecified atom stereocenters. The molecule has 1 aromatic heterocycles. The van der Waals surface area contributed by atoms with Crippen molar-refractivity contribution in [2.45, 2.75) is 19.2 Å². The standard InChI is InChI=1S/C21H30N2O3/c1-3-13-26-18-21(24)17-22(12-14-25-2)16-20-10-7-11-23(20)15-19-8-5-4-6-9-19/h3-11,21,24H,1,12-18H2,2H3/t21-/m0/s1. The number of nitrogens with zero attached hydrogens (tertiary/aromatic N) is 2. The number of aromatic nitrogens is 1. The number of benzene rings is 1. The maximum Gasteiger partial charge on any atom is 0.0900 e. The van der Waals surface area contributed by atoms with Crippen molar-refractivity contribution < 1.29 is 14.6 Å². The Kier molecular flexibility index (Phi) is 9.14. The van der Waals surface area contributed by atoms with E-state index in [9.17, 15) is 5.11 Å². The van der Waals surface area contributed by atoms with E-state index >= 15 is 0 Å². The van der Waals surface area contributed by atoms with E-state index in [4.69, 9.17) is 9.47 Å². The molecule has 142 valence electrons. The predicted molar refractivity (Wildman–Crippen MR) is 104 cm³/mol. The number of aliphatic hydroxyl groups is 1. The fraction of sp³-hybridized carbons (Fsp3) is 0.429. The Morgan fingerprint density at radius 3 is 2.77 bits per heavy atom. The van der Waals surface area contributed by atoms with E-state index in [1.807, 2.05) is 6.07 Å². The van der Waals surface area contributed by atoms with Gasteiger partial charge in [-0.2, -0.15) is 0 Å². The summed E-state index contributed by atoms with van der Waals surface area (Å²) in [7, 11) is 1.69. The number of aliphatic hydroxyl groups excluding tert-OH is 1. The zero-order chi connectivity index (χ0) is 18.6. The molecule has 1 N–H and O–H groups in total. The number of rotatable bonds is 13. The van der Waals surface area contributed by atoms with E-state index in [2.05, 4.69) is 58.6 Å². The molecule has 0 spiro atoms. The number of methoxy groups -OCH3 is 1. The number of ether oxygens (including phenoxy) is 2. The molecule has 1 aromatic carbocycles. The molecule has 2 aromatic rings. The summed E-state index contributed by atoms with van der Waals surface area (Å²) in [4.78, 5) is 2.20. The van der Waals surface area contributed by atoms with E-state index in [-0.39, 0.29) is 0 Å². The molecule has 2 rings (SSSR count). The lowest BCUT2D eigenvalue weighted by molar-refractivity contribution is 0.0189. The van der Waals surface area contributed by atoms with Crippen LogP contribution in [0.25, 0.3) is 0 Å². The second kappa shape index (κ2) is 11.6. The van der Waals surface area contributed by atoms with Crippen molar-refractivity contribution in [1.82, 2.24) is 9.47 Å². The van der Waals surface area contributed by atoms with Crippen molar-refractivity contribution >= 4 is 0 Å². The highest BCUT2D eigenvalue weighted by molar-refractivity contribution is 5.17. The molecule has 1 heterocycles. The van der Waals surface area contributed by atoms with Crippen LogP contribution < -0.4 is 0 Å². The molecule has 0 fully saturated rings. The molecule has 0 radical (unpaired) electrons. The zero-order valence-electron chi connectivity index (χ0n) is 15.6. The molecule has 5 nitrogen and oxygen atoms in total. The van der Waals surface area contributed by atoms with Gasteiger partial charge < -0.3 is 19.1 Å². The Hall–Kier alpha value is -1.92. The molecule has 0 aliphatic rings. The summed E-state index contributed by atoms with van der Waals surface area (Å²) >= 11 is 0. The average Bonchev–Trinajstić information content (AvgIpc) is 3.07. The van der Waals surface area contributed by atoms with Gasteiger partial charge in [-0.05, 0) is 17.7 Å². The van der Waals surface area contributed by atoms with Crippen molar-refractivity contribution in [3.63, 3.8) is 0 Å². The van der Waals surface area contributed by atoms with Gasteiger partial charge in [-0.25, -0.2) is 0 Å². The summed E-state index contributed by atoms with van der Waals surface area (Å²) in [5.41, 5.74) is 2.48. The third-order valence-electron chi connectivity index (χ3n) is 4.13. The van der Waals surface area contributed by atoms with E-state index in [1.165, 1.54) is 11.3 Å². The van der Waals surface area contributed by atoms with Gasteiger partial charge in [0, 0.05) is 45.2 Å². The summed E-state index contributed by atoms with van der Waals surface area (Å²) in [5, 5.41) is 10.2. The van der Waals surface area contributed by atoms with Gasteiger partial charge in [0.2, 0.25) is 0 Å². The van der Waals surface area contributed by atoms with Crippen LogP contribution in [0.3, 0.4) is 0 Å². The minimum atomic E-state index is -0.538. The third kappa shape index (κ3) is 7.14. The average molecular weight is 358 g/mol. The first-order valence-electron chi connectivity index (χ1n) is 8.99. The SMILES string of the molecule is C=CCOC[C@@H](O)CN(CCOC)Cc1cccn1Cc1ccccc1. The summed E-state index contributed by atoms with van der Waals surface area (Å²) in [6.45, 7) is 7.89. The van der Waals surface area contributed by atoms with Gasteiger partial charge in [0.15, 0.2) is 0 Å². The lowest BCUT2D eigenvalue weighted by Crippen LogP contribution is -2.37. The normalized spacial score (nSPS) is 12.4.